The second-order valence-electron chi connectivity index (χ2n) is 5.60. The summed E-state index contributed by atoms with van der Waals surface area (Å²) in [5.74, 6) is -1.16. The molecule has 0 amide bonds. The third-order valence-corrected chi connectivity index (χ3v) is 4.06. The summed E-state index contributed by atoms with van der Waals surface area (Å²) in [6, 6.07) is 6.36. The van der Waals surface area contributed by atoms with Crippen molar-refractivity contribution in [2.24, 2.45) is 0 Å². The first-order chi connectivity index (χ1) is 11.7. The van der Waals surface area contributed by atoms with Gasteiger partial charge in [0, 0.05) is 17.2 Å². The summed E-state index contributed by atoms with van der Waals surface area (Å²) in [5.41, 5.74) is -0.0582. The summed E-state index contributed by atoms with van der Waals surface area (Å²) in [6.07, 6.45) is 1.14. The molecule has 1 aliphatic heterocycles. The molecule has 6 heteroatoms. The van der Waals surface area contributed by atoms with Gasteiger partial charge in [-0.3, -0.25) is 0 Å². The van der Waals surface area contributed by atoms with Crippen LogP contribution < -0.4 is 9.47 Å². The van der Waals surface area contributed by atoms with Crippen LogP contribution in [0.5, 0.6) is 11.5 Å². The molecule has 24 heavy (non-hydrogen) atoms. The molecule has 1 fully saturated rings. The number of benzene rings is 2. The van der Waals surface area contributed by atoms with Crippen molar-refractivity contribution < 1.29 is 27.4 Å². The van der Waals surface area contributed by atoms with Gasteiger partial charge < -0.3 is 18.6 Å². The fourth-order valence-corrected chi connectivity index (χ4v) is 2.94. The molecular formula is C18H16F2O4. The van der Waals surface area contributed by atoms with E-state index in [0.717, 1.165) is 6.42 Å². The van der Waals surface area contributed by atoms with Gasteiger partial charge in [-0.05, 0) is 37.6 Å². The molecule has 0 radical (unpaired) electrons. The maximum atomic E-state index is 14.7. The largest absolute Gasteiger partial charge is 0.491 e. The van der Waals surface area contributed by atoms with Crippen LogP contribution in [0, 0.1) is 11.6 Å². The van der Waals surface area contributed by atoms with Crippen molar-refractivity contribution in [1.29, 1.82) is 0 Å². The van der Waals surface area contributed by atoms with Crippen LogP contribution >= 0.6 is 0 Å². The Morgan fingerprint density at radius 3 is 2.33 bits per heavy atom. The zero-order valence-electron chi connectivity index (χ0n) is 13.1. The van der Waals surface area contributed by atoms with Crippen LogP contribution in [-0.2, 0) is 4.74 Å². The van der Waals surface area contributed by atoms with Gasteiger partial charge >= 0.3 is 0 Å². The summed E-state index contributed by atoms with van der Waals surface area (Å²) in [5, 5.41) is 0.984. The first-order valence-corrected chi connectivity index (χ1v) is 7.93. The predicted molar refractivity (Wildman–Crippen MR) is 84.4 cm³/mol. The number of fused-ring (bicyclic) bond motifs is 3. The van der Waals surface area contributed by atoms with Gasteiger partial charge in [0.1, 0.15) is 0 Å². The van der Waals surface area contributed by atoms with E-state index in [1.165, 1.54) is 12.1 Å². The third-order valence-electron chi connectivity index (χ3n) is 4.06. The van der Waals surface area contributed by atoms with Crippen molar-refractivity contribution in [3.8, 4) is 11.5 Å². The van der Waals surface area contributed by atoms with Gasteiger partial charge in [0.2, 0.25) is 11.6 Å². The average molecular weight is 334 g/mol. The van der Waals surface area contributed by atoms with E-state index < -0.39 is 17.9 Å². The fourth-order valence-electron chi connectivity index (χ4n) is 2.94. The molecule has 2 aromatic carbocycles. The van der Waals surface area contributed by atoms with Gasteiger partial charge in [-0.25, -0.2) is 0 Å². The van der Waals surface area contributed by atoms with Gasteiger partial charge in [0.25, 0.3) is 0 Å². The van der Waals surface area contributed by atoms with E-state index in [0.29, 0.717) is 30.4 Å². The summed E-state index contributed by atoms with van der Waals surface area (Å²) in [4.78, 5) is 0. The van der Waals surface area contributed by atoms with Crippen molar-refractivity contribution in [1.82, 2.24) is 0 Å². The van der Waals surface area contributed by atoms with Crippen LogP contribution in [0.3, 0.4) is 0 Å². The lowest BCUT2D eigenvalue weighted by Crippen LogP contribution is -2.14. The summed E-state index contributed by atoms with van der Waals surface area (Å²) < 4.78 is 50.7. The highest BCUT2D eigenvalue weighted by molar-refractivity contribution is 6.06. The maximum Gasteiger partial charge on any atom is 0.208 e. The molecule has 1 aliphatic rings. The fraction of sp³-hybridized carbons (Fsp3) is 0.333. The van der Waals surface area contributed by atoms with Gasteiger partial charge in [-0.15, -0.1) is 0 Å². The predicted octanol–water partition coefficient (Wildman–Crippen LogP) is 4.78. The van der Waals surface area contributed by atoms with Crippen molar-refractivity contribution in [3.63, 3.8) is 0 Å². The molecule has 1 atom stereocenters. The number of furan rings is 1. The van der Waals surface area contributed by atoms with Gasteiger partial charge in [-0.2, -0.15) is 8.78 Å². The Morgan fingerprint density at radius 2 is 1.71 bits per heavy atom. The standard InChI is InChI=1S/C18H16F2O4/c1-2-21-12-7-5-10-11-6-8-13(23-14-4-3-9-22-14)16(20)18(11)24-17(10)15(12)19/h5-8,14H,2-4,9H2,1H3. The zero-order chi connectivity index (χ0) is 16.7. The Balaban J connectivity index is 1.82. The molecule has 0 aliphatic carbocycles. The molecule has 3 aromatic rings. The first-order valence-electron chi connectivity index (χ1n) is 7.93. The summed E-state index contributed by atoms with van der Waals surface area (Å²) >= 11 is 0. The summed E-state index contributed by atoms with van der Waals surface area (Å²) in [7, 11) is 0. The molecule has 1 saturated heterocycles. The third kappa shape index (κ3) is 2.38. The second kappa shape index (κ2) is 5.94. The Labute approximate surface area is 136 Å². The summed E-state index contributed by atoms with van der Waals surface area (Å²) in [6.45, 7) is 2.69. The van der Waals surface area contributed by atoms with Crippen molar-refractivity contribution in [2.75, 3.05) is 13.2 Å². The van der Waals surface area contributed by atoms with E-state index in [1.54, 1.807) is 19.1 Å². The topological polar surface area (TPSA) is 40.8 Å². The van der Waals surface area contributed by atoms with E-state index in [-0.39, 0.29) is 22.7 Å². The van der Waals surface area contributed by atoms with E-state index in [9.17, 15) is 8.78 Å². The number of hydrogen-bond acceptors (Lipinski definition) is 4. The van der Waals surface area contributed by atoms with E-state index in [2.05, 4.69) is 0 Å². The number of halogens is 2. The molecule has 0 bridgehead atoms. The normalized spacial score (nSPS) is 17.7. The highest BCUT2D eigenvalue weighted by Gasteiger charge is 2.23. The van der Waals surface area contributed by atoms with E-state index in [1.807, 2.05) is 0 Å². The molecule has 2 heterocycles. The Bertz CT molecular complexity index is 897. The van der Waals surface area contributed by atoms with Crippen LogP contribution in [0.4, 0.5) is 8.78 Å². The lowest BCUT2D eigenvalue weighted by atomic mass is 10.1. The van der Waals surface area contributed by atoms with Crippen molar-refractivity contribution in [3.05, 3.63) is 35.9 Å². The molecule has 1 unspecified atom stereocenters. The van der Waals surface area contributed by atoms with Gasteiger partial charge in [0.15, 0.2) is 29.0 Å². The first kappa shape index (κ1) is 15.2. The zero-order valence-corrected chi connectivity index (χ0v) is 13.1. The van der Waals surface area contributed by atoms with Crippen LogP contribution in [0.2, 0.25) is 0 Å². The molecule has 0 spiro atoms. The molecular weight excluding hydrogens is 318 g/mol. The van der Waals surface area contributed by atoms with Crippen LogP contribution in [0.25, 0.3) is 21.9 Å². The second-order valence-corrected chi connectivity index (χ2v) is 5.60. The van der Waals surface area contributed by atoms with Crippen molar-refractivity contribution in [2.45, 2.75) is 26.1 Å². The lowest BCUT2D eigenvalue weighted by molar-refractivity contribution is -0.0410. The Morgan fingerprint density at radius 1 is 1.04 bits per heavy atom. The molecule has 4 nitrogen and oxygen atoms in total. The number of hydrogen-bond donors (Lipinski definition) is 0. The minimum absolute atomic E-state index is 0.0240. The molecule has 126 valence electrons. The van der Waals surface area contributed by atoms with Crippen LogP contribution in [-0.4, -0.2) is 19.5 Å². The average Bonchev–Trinajstić information content (AvgIpc) is 3.21. The van der Waals surface area contributed by atoms with E-state index >= 15 is 0 Å². The molecule has 4 rings (SSSR count). The highest BCUT2D eigenvalue weighted by atomic mass is 19.1. The van der Waals surface area contributed by atoms with Crippen LogP contribution in [0.1, 0.15) is 19.8 Å². The van der Waals surface area contributed by atoms with Gasteiger partial charge in [-0.1, -0.05) is 0 Å². The Hall–Kier alpha value is -2.34. The smallest absolute Gasteiger partial charge is 0.208 e. The molecule has 1 aromatic heterocycles. The lowest BCUT2D eigenvalue weighted by Gasteiger charge is -2.13. The minimum Gasteiger partial charge on any atom is -0.491 e. The SMILES string of the molecule is CCOc1ccc2c(oc3c(F)c(OC4CCCO4)ccc32)c1F. The molecule has 0 N–H and O–H groups in total. The monoisotopic (exact) mass is 334 g/mol. The van der Waals surface area contributed by atoms with E-state index in [4.69, 9.17) is 18.6 Å². The van der Waals surface area contributed by atoms with Crippen LogP contribution in [0.15, 0.2) is 28.7 Å². The number of ether oxygens (including phenoxy) is 3. The molecule has 0 saturated carbocycles. The highest BCUT2D eigenvalue weighted by Crippen LogP contribution is 2.38. The minimum atomic E-state index is -0.656. The van der Waals surface area contributed by atoms with Crippen molar-refractivity contribution >= 4 is 21.9 Å². The maximum absolute atomic E-state index is 14.7. The number of rotatable bonds is 4. The quantitative estimate of drug-likeness (QED) is 0.688. The Kier molecular flexibility index (Phi) is 3.76. The van der Waals surface area contributed by atoms with Gasteiger partial charge in [0.05, 0.1) is 13.2 Å².